The molecule has 17 heavy (non-hydrogen) atoms. The highest BCUT2D eigenvalue weighted by Crippen LogP contribution is 2.35. The van der Waals surface area contributed by atoms with Crippen molar-refractivity contribution in [2.75, 3.05) is 5.88 Å². The summed E-state index contributed by atoms with van der Waals surface area (Å²) in [5, 5.41) is 0. The van der Waals surface area contributed by atoms with E-state index in [9.17, 15) is 4.79 Å². The lowest BCUT2D eigenvalue weighted by atomic mass is 9.92. The van der Waals surface area contributed by atoms with Crippen LogP contribution in [0.5, 0.6) is 0 Å². The summed E-state index contributed by atoms with van der Waals surface area (Å²) < 4.78 is 2.40. The predicted molar refractivity (Wildman–Crippen MR) is 71.6 cm³/mol. The first kappa shape index (κ1) is 12.4. The topological polar surface area (TPSA) is 22.0 Å². The number of aromatic nitrogens is 1. The zero-order chi connectivity index (χ0) is 12.4. The van der Waals surface area contributed by atoms with Gasteiger partial charge in [-0.05, 0) is 56.9 Å². The molecule has 0 N–H and O–H groups in total. The molecule has 1 aromatic heterocycles. The first-order valence-corrected chi connectivity index (χ1v) is 6.62. The van der Waals surface area contributed by atoms with Crippen LogP contribution in [0.15, 0.2) is 12.1 Å². The zero-order valence-electron chi connectivity index (χ0n) is 10.4. The Morgan fingerprint density at radius 1 is 1.53 bits per heavy atom. The van der Waals surface area contributed by atoms with Crippen LogP contribution in [0.1, 0.15) is 42.3 Å². The van der Waals surface area contributed by atoms with Crippen molar-refractivity contribution in [2.45, 2.75) is 39.2 Å². The Labute approximate surface area is 107 Å². The number of alkyl halides is 1. The molecule has 1 aromatic rings. The standard InChI is InChI=1S/C14H18ClNO/c1-10-8-12(6-7-14(17)9-15)11(2)16(10)13-4-3-5-13/h6-8,13H,3-5,9H2,1-2H3/b7-6+. The van der Waals surface area contributed by atoms with Gasteiger partial charge in [-0.3, -0.25) is 4.79 Å². The summed E-state index contributed by atoms with van der Waals surface area (Å²) in [5.74, 6) is 0.0119. The molecule has 0 atom stereocenters. The molecule has 0 aromatic carbocycles. The van der Waals surface area contributed by atoms with E-state index in [1.807, 2.05) is 6.08 Å². The van der Waals surface area contributed by atoms with Gasteiger partial charge in [-0.25, -0.2) is 0 Å². The number of nitrogens with zero attached hydrogens (tertiary/aromatic N) is 1. The average Bonchev–Trinajstić information content (AvgIpc) is 2.51. The molecule has 0 saturated heterocycles. The van der Waals surface area contributed by atoms with E-state index in [1.165, 1.54) is 30.7 Å². The van der Waals surface area contributed by atoms with Crippen LogP contribution in [0.4, 0.5) is 0 Å². The van der Waals surface area contributed by atoms with Gasteiger partial charge in [0.2, 0.25) is 0 Å². The molecular formula is C14H18ClNO. The van der Waals surface area contributed by atoms with Crippen LogP contribution in [0.3, 0.4) is 0 Å². The van der Waals surface area contributed by atoms with Gasteiger partial charge >= 0.3 is 0 Å². The zero-order valence-corrected chi connectivity index (χ0v) is 11.1. The quantitative estimate of drug-likeness (QED) is 0.591. The van der Waals surface area contributed by atoms with Gasteiger partial charge in [0, 0.05) is 17.4 Å². The third-order valence-electron chi connectivity index (χ3n) is 3.54. The van der Waals surface area contributed by atoms with Gasteiger partial charge in [0.1, 0.15) is 0 Å². The van der Waals surface area contributed by atoms with E-state index in [-0.39, 0.29) is 11.7 Å². The second kappa shape index (κ2) is 5.09. The van der Waals surface area contributed by atoms with Crippen molar-refractivity contribution < 1.29 is 4.79 Å². The highest BCUT2D eigenvalue weighted by atomic mass is 35.5. The fourth-order valence-electron chi connectivity index (χ4n) is 2.41. The number of carbonyl (C=O) groups is 1. The minimum absolute atomic E-state index is 0.0416. The molecule has 2 nitrogen and oxygen atoms in total. The lowest BCUT2D eigenvalue weighted by Gasteiger charge is -2.30. The number of hydrogen-bond acceptors (Lipinski definition) is 1. The second-order valence-corrected chi connectivity index (χ2v) is 4.98. The maximum absolute atomic E-state index is 11.2. The first-order chi connectivity index (χ1) is 8.13. The molecule has 0 spiro atoms. The summed E-state index contributed by atoms with van der Waals surface area (Å²) in [5.41, 5.74) is 3.67. The SMILES string of the molecule is Cc1cc(/C=C/C(=O)CCl)c(C)n1C1CCC1. The number of halogens is 1. The van der Waals surface area contributed by atoms with Crippen molar-refractivity contribution in [3.63, 3.8) is 0 Å². The summed E-state index contributed by atoms with van der Waals surface area (Å²) in [7, 11) is 0. The van der Waals surface area contributed by atoms with Crippen LogP contribution in [-0.2, 0) is 4.79 Å². The monoisotopic (exact) mass is 251 g/mol. The van der Waals surface area contributed by atoms with Crippen molar-refractivity contribution in [1.82, 2.24) is 4.57 Å². The minimum atomic E-state index is -0.0416. The van der Waals surface area contributed by atoms with Gasteiger partial charge in [-0.1, -0.05) is 0 Å². The van der Waals surface area contributed by atoms with Crippen molar-refractivity contribution in [3.8, 4) is 0 Å². The molecule has 0 radical (unpaired) electrons. The van der Waals surface area contributed by atoms with Crippen LogP contribution in [-0.4, -0.2) is 16.2 Å². The Morgan fingerprint density at radius 3 is 2.76 bits per heavy atom. The summed E-state index contributed by atoms with van der Waals surface area (Å²) in [4.78, 5) is 11.2. The van der Waals surface area contributed by atoms with Crippen molar-refractivity contribution in [2.24, 2.45) is 0 Å². The lowest BCUT2D eigenvalue weighted by molar-refractivity contribution is -0.112. The summed E-state index contributed by atoms with van der Waals surface area (Å²) in [6.45, 7) is 4.25. The van der Waals surface area contributed by atoms with Gasteiger partial charge in [0.15, 0.2) is 5.78 Å². The minimum Gasteiger partial charge on any atom is -0.346 e. The summed E-state index contributed by atoms with van der Waals surface area (Å²) >= 11 is 5.47. The number of allylic oxidation sites excluding steroid dienone is 1. The summed E-state index contributed by atoms with van der Waals surface area (Å²) in [6.07, 6.45) is 7.33. The number of carbonyl (C=O) groups excluding carboxylic acids is 1. The predicted octanol–water partition coefficient (Wildman–Crippen LogP) is 3.65. The number of hydrogen-bond donors (Lipinski definition) is 0. The molecule has 2 rings (SSSR count). The molecule has 0 bridgehead atoms. The van der Waals surface area contributed by atoms with E-state index >= 15 is 0 Å². The lowest BCUT2D eigenvalue weighted by Crippen LogP contribution is -2.19. The van der Waals surface area contributed by atoms with Crippen molar-refractivity contribution in [1.29, 1.82) is 0 Å². The van der Waals surface area contributed by atoms with E-state index in [0.29, 0.717) is 6.04 Å². The van der Waals surface area contributed by atoms with Crippen LogP contribution in [0.2, 0.25) is 0 Å². The molecule has 1 saturated carbocycles. The molecule has 1 fully saturated rings. The molecule has 3 heteroatoms. The molecule has 92 valence electrons. The highest BCUT2D eigenvalue weighted by Gasteiger charge is 2.22. The Kier molecular flexibility index (Phi) is 3.72. The van der Waals surface area contributed by atoms with Gasteiger partial charge in [0.25, 0.3) is 0 Å². The van der Waals surface area contributed by atoms with Gasteiger partial charge in [0.05, 0.1) is 5.88 Å². The van der Waals surface area contributed by atoms with Crippen LogP contribution in [0.25, 0.3) is 6.08 Å². The fourth-order valence-corrected chi connectivity index (χ4v) is 2.49. The Bertz CT molecular complexity index is 455. The average molecular weight is 252 g/mol. The molecular weight excluding hydrogens is 234 g/mol. The van der Waals surface area contributed by atoms with E-state index < -0.39 is 0 Å². The van der Waals surface area contributed by atoms with E-state index in [0.717, 1.165) is 5.56 Å². The van der Waals surface area contributed by atoms with Gasteiger partial charge < -0.3 is 4.57 Å². The van der Waals surface area contributed by atoms with E-state index in [4.69, 9.17) is 11.6 Å². The van der Waals surface area contributed by atoms with Crippen LogP contribution >= 0.6 is 11.6 Å². The molecule has 1 aliphatic rings. The van der Waals surface area contributed by atoms with Crippen LogP contribution < -0.4 is 0 Å². The van der Waals surface area contributed by atoms with Crippen molar-refractivity contribution >= 4 is 23.5 Å². The number of rotatable bonds is 4. The number of aryl methyl sites for hydroxylation is 1. The fraction of sp³-hybridized carbons (Fsp3) is 0.500. The molecule has 0 amide bonds. The normalized spacial score (nSPS) is 16.4. The van der Waals surface area contributed by atoms with Crippen molar-refractivity contribution in [3.05, 3.63) is 29.1 Å². The second-order valence-electron chi connectivity index (χ2n) is 4.71. The summed E-state index contributed by atoms with van der Waals surface area (Å²) in [6, 6.07) is 2.81. The van der Waals surface area contributed by atoms with E-state index in [2.05, 4.69) is 24.5 Å². The maximum Gasteiger partial charge on any atom is 0.170 e. The third-order valence-corrected chi connectivity index (χ3v) is 3.81. The largest absolute Gasteiger partial charge is 0.346 e. The Hall–Kier alpha value is -1.02. The Morgan fingerprint density at radius 2 is 2.24 bits per heavy atom. The Balaban J connectivity index is 2.24. The molecule has 1 heterocycles. The van der Waals surface area contributed by atoms with Gasteiger partial charge in [-0.2, -0.15) is 0 Å². The number of ketones is 1. The van der Waals surface area contributed by atoms with E-state index in [1.54, 1.807) is 6.08 Å². The molecule has 0 unspecified atom stereocenters. The first-order valence-electron chi connectivity index (χ1n) is 6.08. The van der Waals surface area contributed by atoms with Crippen LogP contribution in [0, 0.1) is 13.8 Å². The molecule has 0 aliphatic heterocycles. The third kappa shape index (κ3) is 2.47. The van der Waals surface area contributed by atoms with Gasteiger partial charge in [-0.15, -0.1) is 11.6 Å². The highest BCUT2D eigenvalue weighted by molar-refractivity contribution is 6.29. The smallest absolute Gasteiger partial charge is 0.170 e. The maximum atomic E-state index is 11.2. The molecule has 1 aliphatic carbocycles.